The summed E-state index contributed by atoms with van der Waals surface area (Å²) in [7, 11) is 0. The van der Waals surface area contributed by atoms with Crippen LogP contribution in [0.5, 0.6) is 0 Å². The average Bonchev–Trinajstić information content (AvgIpc) is 3.49. The Balaban J connectivity index is 1.75. The van der Waals surface area contributed by atoms with Crippen molar-refractivity contribution in [2.45, 2.75) is 51.6 Å². The van der Waals surface area contributed by atoms with Crippen molar-refractivity contribution >= 4 is 22.8 Å². The lowest BCUT2D eigenvalue weighted by Crippen LogP contribution is -2.34. The number of carbonyl (C=O) groups excluding carboxylic acids is 2. The molecule has 0 spiro atoms. The third-order valence-electron chi connectivity index (χ3n) is 5.43. The lowest BCUT2D eigenvalue weighted by atomic mass is 10.1. The minimum absolute atomic E-state index is 0.119. The molecule has 7 nitrogen and oxygen atoms in total. The van der Waals surface area contributed by atoms with Crippen molar-refractivity contribution in [3.05, 3.63) is 59.4 Å². The van der Waals surface area contributed by atoms with Gasteiger partial charge in [0, 0.05) is 37.2 Å². The highest BCUT2D eigenvalue weighted by Gasteiger charge is 2.29. The first-order valence-corrected chi connectivity index (χ1v) is 10.4. The van der Waals surface area contributed by atoms with Gasteiger partial charge in [0.15, 0.2) is 5.65 Å². The molecule has 1 aromatic carbocycles. The molecule has 0 atom stereocenters. The van der Waals surface area contributed by atoms with Crippen LogP contribution >= 0.6 is 0 Å². The Kier molecular flexibility index (Phi) is 5.53. The lowest BCUT2D eigenvalue weighted by molar-refractivity contribution is -0.118. The number of nitrogens with zero attached hydrogens (tertiary/aromatic N) is 4. The molecule has 4 rings (SSSR count). The molecule has 7 heteroatoms. The molecule has 1 fully saturated rings. The van der Waals surface area contributed by atoms with E-state index >= 15 is 0 Å². The molecule has 2 N–H and O–H groups in total. The number of hydrogen-bond acceptors (Lipinski definition) is 4. The van der Waals surface area contributed by atoms with Gasteiger partial charge in [-0.1, -0.05) is 30.3 Å². The smallest absolute Gasteiger partial charge is 0.255 e. The maximum absolute atomic E-state index is 13.7. The van der Waals surface area contributed by atoms with Crippen LogP contribution in [0.15, 0.2) is 42.6 Å². The minimum atomic E-state index is -0.424. The number of benzene rings is 1. The van der Waals surface area contributed by atoms with Gasteiger partial charge in [-0.05, 0) is 38.3 Å². The summed E-state index contributed by atoms with van der Waals surface area (Å²) in [5.74, 6) is -0.144. The fourth-order valence-corrected chi connectivity index (χ4v) is 3.65. The Labute approximate surface area is 175 Å². The summed E-state index contributed by atoms with van der Waals surface area (Å²) < 4.78 is 1.86. The van der Waals surface area contributed by atoms with Crippen molar-refractivity contribution in [1.82, 2.24) is 19.7 Å². The zero-order chi connectivity index (χ0) is 21.3. The van der Waals surface area contributed by atoms with Crippen molar-refractivity contribution in [2.75, 3.05) is 6.54 Å². The predicted octanol–water partition coefficient (Wildman–Crippen LogP) is 3.41. The number of aromatic nitrogens is 3. The van der Waals surface area contributed by atoms with Crippen LogP contribution in [-0.4, -0.2) is 38.0 Å². The van der Waals surface area contributed by atoms with Crippen LogP contribution in [0.25, 0.3) is 11.0 Å². The van der Waals surface area contributed by atoms with E-state index in [4.69, 9.17) is 10.7 Å². The molecule has 3 aromatic rings. The summed E-state index contributed by atoms with van der Waals surface area (Å²) in [5, 5.41) is 5.23. The summed E-state index contributed by atoms with van der Waals surface area (Å²) in [4.78, 5) is 31.6. The van der Waals surface area contributed by atoms with Crippen molar-refractivity contribution in [1.29, 1.82) is 0 Å². The minimum Gasteiger partial charge on any atom is -0.370 e. The maximum atomic E-state index is 13.7. The number of fused-ring (bicyclic) bond motifs is 1. The Hall–Kier alpha value is -3.22. The number of pyridine rings is 1. The molecule has 156 valence electrons. The predicted molar refractivity (Wildman–Crippen MR) is 115 cm³/mol. The van der Waals surface area contributed by atoms with E-state index < -0.39 is 5.91 Å². The van der Waals surface area contributed by atoms with E-state index in [2.05, 4.69) is 5.10 Å². The van der Waals surface area contributed by atoms with Gasteiger partial charge in [0.25, 0.3) is 5.91 Å². The number of hydrogen-bond donors (Lipinski definition) is 1. The van der Waals surface area contributed by atoms with E-state index in [0.717, 1.165) is 35.1 Å². The maximum Gasteiger partial charge on any atom is 0.255 e. The molecule has 1 aliphatic carbocycles. The SMILES string of the molecule is CC(C)n1ncc2c(C(=O)N(CCC(N)=O)Cc3ccccc3)cc(C3CC3)nc21. The van der Waals surface area contributed by atoms with Crippen LogP contribution in [-0.2, 0) is 11.3 Å². The van der Waals surface area contributed by atoms with Gasteiger partial charge in [-0.3, -0.25) is 9.59 Å². The first-order valence-electron chi connectivity index (χ1n) is 10.4. The molecule has 1 saturated carbocycles. The first-order chi connectivity index (χ1) is 14.4. The van der Waals surface area contributed by atoms with Gasteiger partial charge >= 0.3 is 0 Å². The Bertz CT molecular complexity index is 1070. The number of nitrogens with two attached hydrogens (primary N) is 1. The van der Waals surface area contributed by atoms with Gasteiger partial charge in [-0.2, -0.15) is 5.10 Å². The van der Waals surface area contributed by atoms with Crippen LogP contribution in [0.2, 0.25) is 0 Å². The monoisotopic (exact) mass is 405 g/mol. The molecule has 0 unspecified atom stereocenters. The Morgan fingerprint density at radius 3 is 2.60 bits per heavy atom. The average molecular weight is 406 g/mol. The van der Waals surface area contributed by atoms with E-state index in [1.165, 1.54) is 0 Å². The summed E-state index contributed by atoms with van der Waals surface area (Å²) in [5.41, 5.74) is 8.65. The normalized spacial score (nSPS) is 13.7. The third kappa shape index (κ3) is 4.20. The molecule has 0 radical (unpaired) electrons. The van der Waals surface area contributed by atoms with Gasteiger partial charge in [0.2, 0.25) is 5.91 Å². The van der Waals surface area contributed by atoms with E-state index in [-0.39, 0.29) is 24.9 Å². The lowest BCUT2D eigenvalue weighted by Gasteiger charge is -2.23. The fourth-order valence-electron chi connectivity index (χ4n) is 3.65. The summed E-state index contributed by atoms with van der Waals surface area (Å²) >= 11 is 0. The zero-order valence-corrected chi connectivity index (χ0v) is 17.4. The van der Waals surface area contributed by atoms with E-state index in [0.29, 0.717) is 18.0 Å². The fraction of sp³-hybridized carbons (Fsp3) is 0.391. The first kappa shape index (κ1) is 20.1. The largest absolute Gasteiger partial charge is 0.370 e. The topological polar surface area (TPSA) is 94.1 Å². The zero-order valence-electron chi connectivity index (χ0n) is 17.4. The van der Waals surface area contributed by atoms with Gasteiger partial charge in [-0.25, -0.2) is 9.67 Å². The van der Waals surface area contributed by atoms with Gasteiger partial charge in [-0.15, -0.1) is 0 Å². The van der Waals surface area contributed by atoms with Crippen molar-refractivity contribution in [3.63, 3.8) is 0 Å². The molecule has 0 bridgehead atoms. The Morgan fingerprint density at radius 1 is 1.23 bits per heavy atom. The van der Waals surface area contributed by atoms with Crippen LogP contribution in [0.4, 0.5) is 0 Å². The van der Waals surface area contributed by atoms with Crippen LogP contribution in [0.1, 0.15) is 66.7 Å². The Morgan fingerprint density at radius 2 is 1.97 bits per heavy atom. The number of primary amides is 1. The van der Waals surface area contributed by atoms with Crippen molar-refractivity contribution in [3.8, 4) is 0 Å². The standard InChI is InChI=1S/C23H27N5O2/c1-15(2)28-22-19(13-25-28)18(12-20(26-22)17-8-9-17)23(30)27(11-10-21(24)29)14-16-6-4-3-5-7-16/h3-7,12-13,15,17H,8-11,14H2,1-2H3,(H2,24,29). The molecule has 0 saturated heterocycles. The van der Waals surface area contributed by atoms with Crippen molar-refractivity contribution in [2.24, 2.45) is 5.73 Å². The highest BCUT2D eigenvalue weighted by Crippen LogP contribution is 2.40. The van der Waals surface area contributed by atoms with Crippen LogP contribution in [0, 0.1) is 0 Å². The van der Waals surface area contributed by atoms with Crippen LogP contribution in [0.3, 0.4) is 0 Å². The molecular formula is C23H27N5O2. The second-order valence-electron chi connectivity index (χ2n) is 8.22. The highest BCUT2D eigenvalue weighted by molar-refractivity contribution is 6.05. The van der Waals surface area contributed by atoms with Crippen LogP contribution < -0.4 is 5.73 Å². The quantitative estimate of drug-likeness (QED) is 0.621. The molecule has 30 heavy (non-hydrogen) atoms. The summed E-state index contributed by atoms with van der Waals surface area (Å²) in [6.07, 6.45) is 4.03. The second-order valence-corrected chi connectivity index (χ2v) is 8.22. The molecular weight excluding hydrogens is 378 g/mol. The second kappa shape index (κ2) is 8.26. The van der Waals surface area contributed by atoms with Crippen molar-refractivity contribution < 1.29 is 9.59 Å². The van der Waals surface area contributed by atoms with E-state index in [1.807, 2.05) is 54.9 Å². The molecule has 2 heterocycles. The summed E-state index contributed by atoms with van der Waals surface area (Å²) in [6, 6.07) is 11.8. The molecule has 1 aliphatic rings. The van der Waals surface area contributed by atoms with E-state index in [9.17, 15) is 9.59 Å². The highest BCUT2D eigenvalue weighted by atomic mass is 16.2. The third-order valence-corrected chi connectivity index (χ3v) is 5.43. The molecule has 0 aliphatic heterocycles. The van der Waals surface area contributed by atoms with Gasteiger partial charge in [0.1, 0.15) is 0 Å². The van der Waals surface area contributed by atoms with Gasteiger partial charge < -0.3 is 10.6 Å². The number of carbonyl (C=O) groups is 2. The molecule has 2 amide bonds. The molecule has 2 aromatic heterocycles. The van der Waals surface area contributed by atoms with E-state index in [1.54, 1.807) is 11.1 Å². The number of amides is 2. The number of rotatable bonds is 8. The van der Waals surface area contributed by atoms with Gasteiger partial charge in [0.05, 0.1) is 17.1 Å². The summed E-state index contributed by atoms with van der Waals surface area (Å²) in [6.45, 7) is 4.78.